The van der Waals surface area contributed by atoms with Crippen LogP contribution in [0.2, 0.25) is 0 Å². The van der Waals surface area contributed by atoms with Crippen LogP contribution in [0.5, 0.6) is 0 Å². The van der Waals surface area contributed by atoms with Crippen LogP contribution in [-0.2, 0) is 9.53 Å². The van der Waals surface area contributed by atoms with Crippen molar-refractivity contribution in [2.75, 3.05) is 20.1 Å². The van der Waals surface area contributed by atoms with E-state index in [1.54, 1.807) is 59.0 Å². The molecule has 1 aromatic carbocycles. The van der Waals surface area contributed by atoms with Crippen LogP contribution in [0.1, 0.15) is 54.8 Å². The van der Waals surface area contributed by atoms with E-state index in [0.29, 0.717) is 11.1 Å². The molecule has 1 aliphatic rings. The van der Waals surface area contributed by atoms with Gasteiger partial charge in [-0.05, 0) is 39.8 Å². The second-order valence-corrected chi connectivity index (χ2v) is 7.88. The summed E-state index contributed by atoms with van der Waals surface area (Å²) in [6.07, 6.45) is -0.534. The van der Waals surface area contributed by atoms with Crippen molar-refractivity contribution in [2.45, 2.75) is 45.8 Å². The lowest BCUT2D eigenvalue weighted by atomic mass is 10.1. The first-order valence-electron chi connectivity index (χ1n) is 9.18. The fourth-order valence-corrected chi connectivity index (χ4v) is 2.91. The quantitative estimate of drug-likeness (QED) is 0.751. The number of fused-ring (bicyclic) bond motifs is 1. The molecule has 1 aliphatic heterocycles. The predicted molar refractivity (Wildman–Crippen MR) is 103 cm³/mol. The Morgan fingerprint density at radius 1 is 1.14 bits per heavy atom. The molecule has 0 bridgehead atoms. The van der Waals surface area contributed by atoms with Gasteiger partial charge in [-0.25, -0.2) is 4.79 Å². The van der Waals surface area contributed by atoms with Gasteiger partial charge < -0.3 is 15.0 Å². The van der Waals surface area contributed by atoms with E-state index in [1.807, 2.05) is 0 Å². The first kappa shape index (κ1) is 21.4. The summed E-state index contributed by atoms with van der Waals surface area (Å²) in [5.41, 5.74) is 0.129. The van der Waals surface area contributed by atoms with Crippen LogP contribution in [-0.4, -0.2) is 65.4 Å². The van der Waals surface area contributed by atoms with Crippen LogP contribution in [0.25, 0.3) is 0 Å². The summed E-state index contributed by atoms with van der Waals surface area (Å²) in [5, 5.41) is 2.67. The lowest BCUT2D eigenvalue weighted by Crippen LogP contribution is -2.45. The van der Waals surface area contributed by atoms with E-state index in [1.165, 1.54) is 4.90 Å². The number of rotatable bonds is 6. The highest BCUT2D eigenvalue weighted by Crippen LogP contribution is 2.22. The highest BCUT2D eigenvalue weighted by molar-refractivity contribution is 6.21. The normalized spacial score (nSPS) is 14.5. The van der Waals surface area contributed by atoms with Crippen LogP contribution in [0.3, 0.4) is 0 Å². The first-order chi connectivity index (χ1) is 13.0. The number of benzene rings is 1. The standard InChI is InChI=1S/C20H27N3O5/c1-13(21-19(27)28-20(2,3)4)12-22(5)16(24)10-11-23-17(25)14-8-6-7-9-15(14)18(23)26/h6-9,13H,10-12H2,1-5H3,(H,21,27)/t13-/m1/s1. The molecule has 1 N–H and O–H groups in total. The third-order valence-corrected chi connectivity index (χ3v) is 4.16. The van der Waals surface area contributed by atoms with Crippen molar-refractivity contribution >= 4 is 23.8 Å². The van der Waals surface area contributed by atoms with Crippen molar-refractivity contribution in [1.82, 2.24) is 15.1 Å². The molecule has 0 saturated carbocycles. The molecule has 1 aromatic rings. The van der Waals surface area contributed by atoms with Crippen molar-refractivity contribution < 1.29 is 23.9 Å². The fourth-order valence-electron chi connectivity index (χ4n) is 2.91. The third-order valence-electron chi connectivity index (χ3n) is 4.16. The number of hydrogen-bond donors (Lipinski definition) is 1. The molecule has 0 saturated heterocycles. The molecular weight excluding hydrogens is 362 g/mol. The van der Waals surface area contributed by atoms with E-state index in [2.05, 4.69) is 5.32 Å². The zero-order valence-electron chi connectivity index (χ0n) is 16.9. The second kappa shape index (κ2) is 8.41. The minimum atomic E-state index is -0.599. The molecule has 28 heavy (non-hydrogen) atoms. The number of hydrogen-bond acceptors (Lipinski definition) is 5. The summed E-state index contributed by atoms with van der Waals surface area (Å²) < 4.78 is 5.18. The zero-order chi connectivity index (χ0) is 21.1. The minimum absolute atomic E-state index is 0.0150. The largest absolute Gasteiger partial charge is 0.444 e. The Bertz CT molecular complexity index is 749. The van der Waals surface area contributed by atoms with Crippen LogP contribution >= 0.6 is 0 Å². The fraction of sp³-hybridized carbons (Fsp3) is 0.500. The molecule has 0 fully saturated rings. The number of alkyl carbamates (subject to hydrolysis) is 1. The molecule has 2 rings (SSSR count). The Balaban J connectivity index is 1.82. The van der Waals surface area contributed by atoms with Crippen molar-refractivity contribution in [3.8, 4) is 0 Å². The van der Waals surface area contributed by atoms with Crippen LogP contribution in [0.15, 0.2) is 24.3 Å². The second-order valence-electron chi connectivity index (χ2n) is 7.88. The Hall–Kier alpha value is -2.90. The highest BCUT2D eigenvalue weighted by Gasteiger charge is 2.35. The summed E-state index contributed by atoms with van der Waals surface area (Å²) >= 11 is 0. The predicted octanol–water partition coefficient (Wildman–Crippen LogP) is 2.04. The minimum Gasteiger partial charge on any atom is -0.444 e. The van der Waals surface area contributed by atoms with Crippen LogP contribution in [0, 0.1) is 0 Å². The van der Waals surface area contributed by atoms with Crippen molar-refractivity contribution in [2.24, 2.45) is 0 Å². The van der Waals surface area contributed by atoms with Gasteiger partial charge in [0.2, 0.25) is 5.91 Å². The highest BCUT2D eigenvalue weighted by atomic mass is 16.6. The van der Waals surface area contributed by atoms with E-state index in [9.17, 15) is 19.2 Å². The molecular formula is C20H27N3O5. The van der Waals surface area contributed by atoms with E-state index in [4.69, 9.17) is 4.74 Å². The molecule has 1 heterocycles. The monoisotopic (exact) mass is 389 g/mol. The van der Waals surface area contributed by atoms with Gasteiger partial charge in [0.15, 0.2) is 0 Å². The van der Waals surface area contributed by atoms with Gasteiger partial charge in [-0.3, -0.25) is 19.3 Å². The maximum Gasteiger partial charge on any atom is 0.407 e. The summed E-state index contributed by atoms with van der Waals surface area (Å²) in [6.45, 7) is 7.37. The van der Waals surface area contributed by atoms with E-state index >= 15 is 0 Å². The summed E-state index contributed by atoms with van der Waals surface area (Å²) in [4.78, 5) is 51.3. The van der Waals surface area contributed by atoms with Gasteiger partial charge in [0.05, 0.1) is 11.1 Å². The Labute approximate surface area is 164 Å². The van der Waals surface area contributed by atoms with Gasteiger partial charge in [0.1, 0.15) is 5.60 Å². The molecule has 0 radical (unpaired) electrons. The van der Waals surface area contributed by atoms with Gasteiger partial charge in [-0.2, -0.15) is 0 Å². The van der Waals surface area contributed by atoms with E-state index in [0.717, 1.165) is 4.90 Å². The van der Waals surface area contributed by atoms with Gasteiger partial charge in [-0.1, -0.05) is 12.1 Å². The Kier molecular flexibility index (Phi) is 6.43. The topological polar surface area (TPSA) is 96.0 Å². The average molecular weight is 389 g/mol. The molecule has 0 unspecified atom stereocenters. The molecule has 8 nitrogen and oxygen atoms in total. The summed E-state index contributed by atoms with van der Waals surface area (Å²) in [5.74, 6) is -0.985. The van der Waals surface area contributed by atoms with E-state index < -0.39 is 11.7 Å². The Morgan fingerprint density at radius 3 is 2.18 bits per heavy atom. The average Bonchev–Trinajstić information content (AvgIpc) is 2.82. The molecule has 0 spiro atoms. The molecule has 0 aliphatic carbocycles. The van der Waals surface area contributed by atoms with E-state index in [-0.39, 0.29) is 43.3 Å². The van der Waals surface area contributed by atoms with Crippen LogP contribution < -0.4 is 5.32 Å². The first-order valence-corrected chi connectivity index (χ1v) is 9.18. The Morgan fingerprint density at radius 2 is 1.68 bits per heavy atom. The summed E-state index contributed by atoms with van der Waals surface area (Å²) in [7, 11) is 1.61. The van der Waals surface area contributed by atoms with Gasteiger partial charge in [0, 0.05) is 32.6 Å². The summed E-state index contributed by atoms with van der Waals surface area (Å²) in [6, 6.07) is 6.29. The number of ether oxygens (including phenoxy) is 1. The number of imide groups is 1. The van der Waals surface area contributed by atoms with Crippen LogP contribution in [0.4, 0.5) is 4.79 Å². The maximum atomic E-state index is 12.4. The van der Waals surface area contributed by atoms with Gasteiger partial charge in [-0.15, -0.1) is 0 Å². The number of likely N-dealkylation sites (N-methyl/N-ethyl adjacent to an activating group) is 1. The number of nitrogens with zero attached hydrogens (tertiary/aromatic N) is 2. The molecule has 4 amide bonds. The van der Waals surface area contributed by atoms with Gasteiger partial charge in [0.25, 0.3) is 11.8 Å². The van der Waals surface area contributed by atoms with Crippen molar-refractivity contribution in [1.29, 1.82) is 0 Å². The maximum absolute atomic E-state index is 12.4. The van der Waals surface area contributed by atoms with Crippen molar-refractivity contribution in [3.63, 3.8) is 0 Å². The lowest BCUT2D eigenvalue weighted by Gasteiger charge is -2.25. The molecule has 0 aromatic heterocycles. The lowest BCUT2D eigenvalue weighted by molar-refractivity contribution is -0.130. The van der Waals surface area contributed by atoms with Crippen molar-refractivity contribution in [3.05, 3.63) is 35.4 Å². The number of carbonyl (C=O) groups is 4. The molecule has 152 valence electrons. The smallest absolute Gasteiger partial charge is 0.407 e. The molecule has 8 heteroatoms. The third kappa shape index (κ3) is 5.31. The number of amides is 4. The van der Waals surface area contributed by atoms with Gasteiger partial charge >= 0.3 is 6.09 Å². The SMILES string of the molecule is C[C@H](CN(C)C(=O)CCN1C(=O)c2ccccc2C1=O)NC(=O)OC(C)(C)C. The number of carbonyl (C=O) groups excluding carboxylic acids is 4. The molecule has 1 atom stereocenters. The zero-order valence-corrected chi connectivity index (χ0v) is 16.9. The number of nitrogens with one attached hydrogen (secondary N) is 1.